The molecule has 2 aliphatic rings. The van der Waals surface area contributed by atoms with Crippen LogP contribution in [0.15, 0.2) is 36.9 Å². The number of rotatable bonds is 16. The molecule has 1 aromatic carbocycles. The molecule has 1 saturated carbocycles. The van der Waals surface area contributed by atoms with Gasteiger partial charge in [-0.2, -0.15) is 0 Å². The Morgan fingerprint density at radius 1 is 1.17 bits per heavy atom. The summed E-state index contributed by atoms with van der Waals surface area (Å²) in [5.41, 5.74) is 0.663. The number of nitrogens with one attached hydrogen (secondary N) is 2. The normalized spacial score (nSPS) is 22.3. The molecule has 3 rings (SSSR count). The van der Waals surface area contributed by atoms with Crippen LogP contribution in [0.25, 0.3) is 0 Å². The van der Waals surface area contributed by atoms with Crippen LogP contribution in [0.5, 0.6) is 0 Å². The Balaban J connectivity index is 1.49. The van der Waals surface area contributed by atoms with Crippen molar-refractivity contribution >= 4 is 23.9 Å². The van der Waals surface area contributed by atoms with E-state index >= 15 is 0 Å². The lowest BCUT2D eigenvalue weighted by Crippen LogP contribution is -2.67. The van der Waals surface area contributed by atoms with E-state index < -0.39 is 35.6 Å². The molecule has 0 bridgehead atoms. The van der Waals surface area contributed by atoms with Gasteiger partial charge in [-0.15, -0.1) is 6.58 Å². The number of aryl methyl sites for hydroxylation is 1. The molecule has 0 spiro atoms. The Bertz CT molecular complexity index is 1080. The SMILES string of the molecule is C=C[C@@H]1CC[C@]1(NC(=O)[C@@H]1CCCN1C(=O)[C@H](CCCC)NC(=O)OCCCCCc1cccc(CO)c1)C(=O)O. The summed E-state index contributed by atoms with van der Waals surface area (Å²) in [5, 5.41) is 24.5. The van der Waals surface area contributed by atoms with E-state index in [1.807, 2.05) is 31.2 Å². The third-order valence-corrected chi connectivity index (χ3v) is 8.29. The van der Waals surface area contributed by atoms with E-state index in [1.54, 1.807) is 6.08 Å². The van der Waals surface area contributed by atoms with E-state index in [2.05, 4.69) is 17.2 Å². The summed E-state index contributed by atoms with van der Waals surface area (Å²) in [5.74, 6) is -2.29. The monoisotopic (exact) mass is 571 g/mol. The van der Waals surface area contributed by atoms with Crippen LogP contribution < -0.4 is 10.6 Å². The van der Waals surface area contributed by atoms with Crippen molar-refractivity contribution in [3.05, 3.63) is 48.0 Å². The van der Waals surface area contributed by atoms with Crippen molar-refractivity contribution in [1.82, 2.24) is 15.5 Å². The fraction of sp³-hybridized carbons (Fsp3) is 0.613. The largest absolute Gasteiger partial charge is 0.479 e. The van der Waals surface area contributed by atoms with E-state index in [0.29, 0.717) is 51.5 Å². The molecule has 41 heavy (non-hydrogen) atoms. The topological polar surface area (TPSA) is 145 Å². The molecule has 1 heterocycles. The maximum Gasteiger partial charge on any atom is 0.407 e. The number of carbonyl (C=O) groups is 4. The number of amides is 3. The third kappa shape index (κ3) is 8.31. The number of nitrogens with zero attached hydrogens (tertiary/aromatic N) is 1. The van der Waals surface area contributed by atoms with Gasteiger partial charge in [0.25, 0.3) is 0 Å². The zero-order valence-electron chi connectivity index (χ0n) is 24.1. The highest BCUT2D eigenvalue weighted by Crippen LogP contribution is 2.40. The molecule has 10 heteroatoms. The first kappa shape index (κ1) is 32.1. The molecule has 1 saturated heterocycles. The highest BCUT2D eigenvalue weighted by atomic mass is 16.5. The molecule has 4 atom stereocenters. The predicted molar refractivity (Wildman–Crippen MR) is 154 cm³/mol. The van der Waals surface area contributed by atoms with Crippen molar-refractivity contribution in [2.75, 3.05) is 13.2 Å². The van der Waals surface area contributed by atoms with Gasteiger partial charge in [-0.25, -0.2) is 9.59 Å². The lowest BCUT2D eigenvalue weighted by Gasteiger charge is -2.45. The number of likely N-dealkylation sites (tertiary alicyclic amines) is 1. The minimum atomic E-state index is -1.39. The summed E-state index contributed by atoms with van der Waals surface area (Å²) < 4.78 is 5.36. The van der Waals surface area contributed by atoms with E-state index in [4.69, 9.17) is 4.74 Å². The second-order valence-electron chi connectivity index (χ2n) is 11.1. The fourth-order valence-electron chi connectivity index (χ4n) is 5.71. The molecule has 2 fully saturated rings. The number of benzene rings is 1. The van der Waals surface area contributed by atoms with Crippen molar-refractivity contribution in [3.8, 4) is 0 Å². The van der Waals surface area contributed by atoms with Crippen LogP contribution in [0.1, 0.15) is 82.3 Å². The van der Waals surface area contributed by atoms with Gasteiger partial charge < -0.3 is 30.5 Å². The number of carboxylic acid groups (broad SMARTS) is 1. The van der Waals surface area contributed by atoms with Gasteiger partial charge in [0.15, 0.2) is 0 Å². The van der Waals surface area contributed by atoms with Gasteiger partial charge in [0.2, 0.25) is 11.8 Å². The summed E-state index contributed by atoms with van der Waals surface area (Å²) in [6.07, 6.45) is 8.19. The first-order chi connectivity index (χ1) is 19.7. The molecule has 1 aliphatic heterocycles. The molecular formula is C31H45N3O7. The zero-order chi connectivity index (χ0) is 29.8. The first-order valence-corrected chi connectivity index (χ1v) is 14.9. The lowest BCUT2D eigenvalue weighted by molar-refractivity contribution is -0.156. The van der Waals surface area contributed by atoms with Crippen molar-refractivity contribution < 1.29 is 34.1 Å². The van der Waals surface area contributed by atoms with Gasteiger partial charge in [0.05, 0.1) is 13.2 Å². The van der Waals surface area contributed by atoms with Gasteiger partial charge >= 0.3 is 12.1 Å². The molecular weight excluding hydrogens is 526 g/mol. The smallest absolute Gasteiger partial charge is 0.407 e. The van der Waals surface area contributed by atoms with E-state index in [-0.39, 0.29) is 25.0 Å². The summed E-state index contributed by atoms with van der Waals surface area (Å²) >= 11 is 0. The van der Waals surface area contributed by atoms with Crippen molar-refractivity contribution in [2.45, 2.75) is 102 Å². The third-order valence-electron chi connectivity index (χ3n) is 8.29. The minimum Gasteiger partial charge on any atom is -0.479 e. The number of hydrogen-bond donors (Lipinski definition) is 4. The maximum absolute atomic E-state index is 13.5. The molecule has 10 nitrogen and oxygen atoms in total. The number of unbranched alkanes of at least 4 members (excludes halogenated alkanes) is 3. The first-order valence-electron chi connectivity index (χ1n) is 14.9. The quantitative estimate of drug-likeness (QED) is 0.175. The summed E-state index contributed by atoms with van der Waals surface area (Å²) in [4.78, 5) is 52.8. The van der Waals surface area contributed by atoms with Crippen molar-refractivity contribution in [3.63, 3.8) is 0 Å². The minimum absolute atomic E-state index is 0.0196. The van der Waals surface area contributed by atoms with Crippen LogP contribution in [0, 0.1) is 5.92 Å². The zero-order valence-corrected chi connectivity index (χ0v) is 24.1. The molecule has 3 amide bonds. The standard InChI is InChI=1S/C31H45N3O7/c1-3-5-14-25(32-30(40)41-19-8-6-7-11-22-12-9-13-23(20-22)21-35)28(37)34-18-10-15-26(34)27(36)33-31(29(38)39)17-16-24(31)4-2/h4,9,12-13,20,24-26,35H,2-3,5-8,10-11,14-19,21H2,1H3,(H,32,40)(H,33,36)(H,38,39)/t24-,25+,26+,31-/m1/s1. The number of hydrogen-bond acceptors (Lipinski definition) is 6. The van der Waals surface area contributed by atoms with E-state index in [9.17, 15) is 29.4 Å². The molecule has 0 aromatic heterocycles. The van der Waals surface area contributed by atoms with E-state index in [1.165, 1.54) is 4.90 Å². The second-order valence-corrected chi connectivity index (χ2v) is 11.1. The average Bonchev–Trinajstić information content (AvgIpc) is 3.45. The second kappa shape index (κ2) is 15.6. The Hall–Kier alpha value is -3.40. The molecule has 4 N–H and O–H groups in total. The molecule has 1 aliphatic carbocycles. The van der Waals surface area contributed by atoms with Gasteiger partial charge in [-0.05, 0) is 68.9 Å². The Kier molecular flexibility index (Phi) is 12.2. The van der Waals surface area contributed by atoms with Gasteiger partial charge in [-0.3, -0.25) is 9.59 Å². The van der Waals surface area contributed by atoms with Crippen molar-refractivity contribution in [1.29, 1.82) is 0 Å². The Morgan fingerprint density at radius 2 is 1.95 bits per heavy atom. The Morgan fingerprint density at radius 3 is 2.61 bits per heavy atom. The van der Waals surface area contributed by atoms with Gasteiger partial charge in [-0.1, -0.05) is 50.1 Å². The lowest BCUT2D eigenvalue weighted by atomic mass is 9.66. The van der Waals surface area contributed by atoms with Crippen LogP contribution in [-0.2, 0) is 32.1 Å². The van der Waals surface area contributed by atoms with Gasteiger partial charge in [0.1, 0.15) is 17.6 Å². The molecule has 0 unspecified atom stereocenters. The highest BCUT2D eigenvalue weighted by Gasteiger charge is 2.54. The number of ether oxygens (including phenoxy) is 1. The molecule has 226 valence electrons. The number of aliphatic hydroxyl groups is 1. The van der Waals surface area contributed by atoms with Crippen LogP contribution in [0.4, 0.5) is 4.79 Å². The summed E-state index contributed by atoms with van der Waals surface area (Å²) in [7, 11) is 0. The highest BCUT2D eigenvalue weighted by molar-refractivity contribution is 5.95. The van der Waals surface area contributed by atoms with E-state index in [0.717, 1.165) is 36.8 Å². The number of aliphatic hydroxyl groups excluding tert-OH is 1. The van der Waals surface area contributed by atoms with Crippen LogP contribution in [0.2, 0.25) is 0 Å². The van der Waals surface area contributed by atoms with Crippen molar-refractivity contribution in [2.24, 2.45) is 5.92 Å². The number of alkyl carbamates (subject to hydrolysis) is 1. The molecule has 1 aromatic rings. The number of aliphatic carboxylic acids is 1. The summed E-state index contributed by atoms with van der Waals surface area (Å²) in [6, 6.07) is 6.22. The summed E-state index contributed by atoms with van der Waals surface area (Å²) in [6.45, 7) is 6.31. The average molecular weight is 572 g/mol. The molecule has 0 radical (unpaired) electrons. The Labute approximate surface area is 242 Å². The maximum atomic E-state index is 13.5. The van der Waals surface area contributed by atoms with Gasteiger partial charge in [0, 0.05) is 12.5 Å². The number of carbonyl (C=O) groups excluding carboxylic acids is 3. The predicted octanol–water partition coefficient (Wildman–Crippen LogP) is 3.70. The fourth-order valence-corrected chi connectivity index (χ4v) is 5.71. The van der Waals surface area contributed by atoms with Crippen LogP contribution in [-0.4, -0.2) is 69.8 Å². The number of carboxylic acids is 1. The van der Waals surface area contributed by atoms with Crippen LogP contribution in [0.3, 0.4) is 0 Å². The van der Waals surface area contributed by atoms with Crippen LogP contribution >= 0.6 is 0 Å².